The summed E-state index contributed by atoms with van der Waals surface area (Å²) in [5.74, 6) is -2.07. The molecule has 0 aromatic heterocycles. The number of rotatable bonds is 11. The van der Waals surface area contributed by atoms with Crippen LogP contribution in [-0.2, 0) is 22.3 Å². The number of carbonyl (C=O) groups is 2. The summed E-state index contributed by atoms with van der Waals surface area (Å²) >= 11 is 0. The minimum Gasteiger partial charge on any atom is -0.502 e. The summed E-state index contributed by atoms with van der Waals surface area (Å²) in [4.78, 5) is 24.7. The predicted molar refractivity (Wildman–Crippen MR) is 155 cm³/mol. The van der Waals surface area contributed by atoms with E-state index in [-0.39, 0.29) is 46.5 Å². The molecule has 45 heavy (non-hydrogen) atoms. The summed E-state index contributed by atoms with van der Waals surface area (Å²) in [6.45, 7) is -0.0257. The molecule has 0 bridgehead atoms. The van der Waals surface area contributed by atoms with Crippen molar-refractivity contribution in [3.8, 4) is 28.7 Å². The predicted octanol–water partition coefficient (Wildman–Crippen LogP) is 2.09. The number of hydrogen-bond acceptors (Lipinski definition) is 12. The molecule has 2 aliphatic heterocycles. The van der Waals surface area contributed by atoms with Gasteiger partial charge in [0, 0.05) is 12.0 Å². The first-order valence-electron chi connectivity index (χ1n) is 14.3. The van der Waals surface area contributed by atoms with Crippen molar-refractivity contribution < 1.29 is 63.5 Å². The van der Waals surface area contributed by atoms with Gasteiger partial charge in [0.1, 0.15) is 31.0 Å². The smallest absolute Gasteiger partial charge is 0.338 e. The maximum atomic E-state index is 13.0. The van der Waals surface area contributed by atoms with E-state index in [0.717, 1.165) is 5.56 Å². The lowest BCUT2D eigenvalue weighted by Crippen LogP contribution is -2.60. The molecule has 5 unspecified atom stereocenters. The molecule has 5 atom stereocenters. The Morgan fingerprint density at radius 3 is 2.44 bits per heavy atom. The van der Waals surface area contributed by atoms with Crippen molar-refractivity contribution >= 4 is 11.9 Å². The molecule has 0 spiro atoms. The first-order valence-corrected chi connectivity index (χ1v) is 14.3. The van der Waals surface area contributed by atoms with E-state index in [1.807, 2.05) is 30.3 Å². The molecule has 5 N–H and O–H groups in total. The number of aliphatic hydroxyl groups excluding tert-OH is 3. The molecule has 5 rings (SSSR count). The number of carboxylic acid groups (broad SMARTS) is 1. The standard InChI is InChI=1S/C32H34O13/c1-40-22-14-18(15-23(25(22)33)41-13-11-17-6-3-2-4-7-17)31(39)43-16-24-26(34)27(35)28(36)32(45-24)44-21-10-9-20(30(37)38)19-8-5-12-42-29(19)21/h2-4,6-7,9-10,14-15,24,26-28,32-36H,5,8,11-13,16H2,1H3,(H,37,38). The highest BCUT2D eigenvalue weighted by atomic mass is 16.7. The number of hydrogen-bond donors (Lipinski definition) is 5. The fraction of sp³-hybridized carbons (Fsp3) is 0.375. The number of carboxylic acids is 1. The summed E-state index contributed by atoms with van der Waals surface area (Å²) in [6, 6.07) is 14.8. The van der Waals surface area contributed by atoms with Crippen LogP contribution in [0.4, 0.5) is 0 Å². The maximum absolute atomic E-state index is 13.0. The van der Waals surface area contributed by atoms with Crippen LogP contribution in [0, 0.1) is 0 Å². The molecule has 3 aromatic rings. The molecule has 1 saturated heterocycles. The van der Waals surface area contributed by atoms with Crippen LogP contribution in [0.3, 0.4) is 0 Å². The number of benzene rings is 3. The molecule has 0 radical (unpaired) electrons. The maximum Gasteiger partial charge on any atom is 0.338 e. The zero-order chi connectivity index (χ0) is 32.1. The Kier molecular flexibility index (Phi) is 9.93. The minimum absolute atomic E-state index is 0.00217. The highest BCUT2D eigenvalue weighted by molar-refractivity contribution is 5.91. The van der Waals surface area contributed by atoms with Crippen molar-refractivity contribution in [2.45, 2.75) is 50.0 Å². The normalized spacial score (nSPS) is 22.4. The molecule has 13 nitrogen and oxygen atoms in total. The van der Waals surface area contributed by atoms with Crippen LogP contribution >= 0.6 is 0 Å². The lowest BCUT2D eigenvalue weighted by Gasteiger charge is -2.40. The molecule has 3 aromatic carbocycles. The third-order valence-electron chi connectivity index (χ3n) is 7.55. The van der Waals surface area contributed by atoms with Crippen LogP contribution < -0.4 is 18.9 Å². The van der Waals surface area contributed by atoms with E-state index in [0.29, 0.717) is 31.4 Å². The Bertz CT molecular complexity index is 1510. The summed E-state index contributed by atoms with van der Waals surface area (Å²) in [6.07, 6.45) is -6.37. The number of fused-ring (bicyclic) bond motifs is 1. The summed E-state index contributed by atoms with van der Waals surface area (Å²) in [5.41, 5.74) is 1.47. The van der Waals surface area contributed by atoms with E-state index in [1.165, 1.54) is 31.4 Å². The van der Waals surface area contributed by atoms with Gasteiger partial charge in [-0.3, -0.25) is 0 Å². The van der Waals surface area contributed by atoms with Crippen molar-refractivity contribution in [3.63, 3.8) is 0 Å². The van der Waals surface area contributed by atoms with Crippen molar-refractivity contribution in [2.75, 3.05) is 26.9 Å². The molecule has 1 fully saturated rings. The van der Waals surface area contributed by atoms with Crippen LogP contribution in [-0.4, -0.2) is 95.1 Å². The fourth-order valence-corrected chi connectivity index (χ4v) is 5.14. The summed E-state index contributed by atoms with van der Waals surface area (Å²) in [7, 11) is 1.31. The minimum atomic E-state index is -1.74. The highest BCUT2D eigenvalue weighted by Crippen LogP contribution is 2.40. The van der Waals surface area contributed by atoms with Crippen LogP contribution in [0.15, 0.2) is 54.6 Å². The Balaban J connectivity index is 1.26. The number of aromatic carboxylic acids is 1. The number of methoxy groups -OCH3 is 1. The number of aliphatic hydroxyl groups is 3. The van der Waals surface area contributed by atoms with Gasteiger partial charge in [-0.05, 0) is 42.7 Å². The molecule has 13 heteroatoms. The van der Waals surface area contributed by atoms with Gasteiger partial charge in [-0.15, -0.1) is 0 Å². The molecular formula is C32H34O13. The third kappa shape index (κ3) is 7.07. The SMILES string of the molecule is COc1cc(C(=O)OCC2OC(Oc3ccc(C(=O)O)c4c3OCCC4)C(O)C(O)C2O)cc(OCCc2ccccc2)c1O. The molecule has 240 valence electrons. The molecule has 0 saturated carbocycles. The van der Waals surface area contributed by atoms with Gasteiger partial charge in [0.2, 0.25) is 12.0 Å². The largest absolute Gasteiger partial charge is 0.502 e. The Morgan fingerprint density at radius 2 is 1.71 bits per heavy atom. The van der Waals surface area contributed by atoms with E-state index in [1.54, 1.807) is 0 Å². The van der Waals surface area contributed by atoms with E-state index in [9.17, 15) is 35.1 Å². The van der Waals surface area contributed by atoms with Crippen molar-refractivity contribution in [1.29, 1.82) is 0 Å². The van der Waals surface area contributed by atoms with Crippen LogP contribution in [0.5, 0.6) is 28.7 Å². The average Bonchev–Trinajstić information content (AvgIpc) is 3.05. The number of phenolic OH excluding ortho intramolecular Hbond substituents is 1. The lowest BCUT2D eigenvalue weighted by atomic mass is 9.98. The van der Waals surface area contributed by atoms with E-state index in [2.05, 4.69) is 0 Å². The summed E-state index contributed by atoms with van der Waals surface area (Å²) < 4.78 is 33.4. The number of ether oxygens (including phenoxy) is 6. The van der Waals surface area contributed by atoms with Gasteiger partial charge < -0.3 is 54.0 Å². The molecule has 0 amide bonds. The van der Waals surface area contributed by atoms with Gasteiger partial charge in [0.25, 0.3) is 0 Å². The zero-order valence-corrected chi connectivity index (χ0v) is 24.3. The average molecular weight is 627 g/mol. The quantitative estimate of drug-likeness (QED) is 0.195. The number of phenols is 1. The van der Waals surface area contributed by atoms with E-state index < -0.39 is 49.3 Å². The molecular weight excluding hydrogens is 592 g/mol. The van der Waals surface area contributed by atoms with Gasteiger partial charge in [0.05, 0.1) is 31.5 Å². The second kappa shape index (κ2) is 14.0. The first kappa shape index (κ1) is 31.9. The van der Waals surface area contributed by atoms with Crippen molar-refractivity contribution in [1.82, 2.24) is 0 Å². The second-order valence-corrected chi connectivity index (χ2v) is 10.5. The monoisotopic (exact) mass is 626 g/mol. The van der Waals surface area contributed by atoms with Crippen molar-refractivity contribution in [3.05, 3.63) is 76.9 Å². The number of esters is 1. The number of aromatic hydroxyl groups is 1. The van der Waals surface area contributed by atoms with Crippen molar-refractivity contribution in [2.24, 2.45) is 0 Å². The third-order valence-corrected chi connectivity index (χ3v) is 7.55. The van der Waals surface area contributed by atoms with Gasteiger partial charge in [0.15, 0.2) is 23.0 Å². The summed E-state index contributed by atoms with van der Waals surface area (Å²) in [5, 5.41) is 51.8. The van der Waals surface area contributed by atoms with Crippen LogP contribution in [0.2, 0.25) is 0 Å². The molecule has 0 aliphatic carbocycles. The van der Waals surface area contributed by atoms with E-state index >= 15 is 0 Å². The topological polar surface area (TPSA) is 191 Å². The van der Waals surface area contributed by atoms with E-state index in [4.69, 9.17) is 28.4 Å². The first-order chi connectivity index (χ1) is 21.7. The zero-order valence-electron chi connectivity index (χ0n) is 24.3. The second-order valence-electron chi connectivity index (χ2n) is 10.5. The van der Waals surface area contributed by atoms with Gasteiger partial charge in [-0.25, -0.2) is 9.59 Å². The fourth-order valence-electron chi connectivity index (χ4n) is 5.14. The Morgan fingerprint density at radius 1 is 0.956 bits per heavy atom. The Labute approximate surface area is 258 Å². The van der Waals surface area contributed by atoms with Gasteiger partial charge in [-0.2, -0.15) is 0 Å². The van der Waals surface area contributed by atoms with Crippen LogP contribution in [0.25, 0.3) is 0 Å². The number of carbonyl (C=O) groups excluding carboxylic acids is 1. The highest BCUT2D eigenvalue weighted by Gasteiger charge is 2.46. The van der Waals surface area contributed by atoms with Gasteiger partial charge >= 0.3 is 11.9 Å². The molecule has 2 aliphatic rings. The lowest BCUT2D eigenvalue weighted by molar-refractivity contribution is -0.277. The molecule has 2 heterocycles. The Hall–Kier alpha value is -4.56. The van der Waals surface area contributed by atoms with Gasteiger partial charge in [-0.1, -0.05) is 30.3 Å². The van der Waals surface area contributed by atoms with Crippen LogP contribution in [0.1, 0.15) is 38.3 Å².